The van der Waals surface area contributed by atoms with Crippen LogP contribution in [0.25, 0.3) is 10.9 Å². The summed E-state index contributed by atoms with van der Waals surface area (Å²) in [5.41, 5.74) is 7.56. The number of hydrogen-bond acceptors (Lipinski definition) is 2. The van der Waals surface area contributed by atoms with E-state index in [9.17, 15) is 0 Å². The summed E-state index contributed by atoms with van der Waals surface area (Å²) in [5.74, 6) is 0. The van der Waals surface area contributed by atoms with Gasteiger partial charge in [-0.05, 0) is 38.5 Å². The van der Waals surface area contributed by atoms with Crippen molar-refractivity contribution < 1.29 is 0 Å². The maximum Gasteiger partial charge on any atom is 0.0571 e. The topological polar surface area (TPSA) is 45.0 Å². The lowest BCUT2D eigenvalue weighted by Crippen LogP contribution is -2.29. The molecular weight excluding hydrogens is 222 g/mol. The molecule has 2 aromatic rings. The van der Waals surface area contributed by atoms with Crippen LogP contribution in [-0.4, -0.2) is 29.5 Å². The van der Waals surface area contributed by atoms with Crippen molar-refractivity contribution in [3.05, 3.63) is 30.5 Å². The molecule has 1 saturated heterocycles. The number of rotatable bonds is 1. The van der Waals surface area contributed by atoms with Gasteiger partial charge in [0, 0.05) is 17.1 Å². The molecule has 0 bridgehead atoms. The van der Waals surface area contributed by atoms with Gasteiger partial charge < -0.3 is 15.6 Å². The molecule has 3 rings (SSSR count). The van der Waals surface area contributed by atoms with Crippen LogP contribution in [0.4, 0.5) is 5.69 Å². The molecule has 0 unspecified atom stereocenters. The minimum Gasteiger partial charge on any atom is -0.397 e. The summed E-state index contributed by atoms with van der Waals surface area (Å²) < 4.78 is 0. The maximum absolute atomic E-state index is 5.64. The van der Waals surface area contributed by atoms with Crippen LogP contribution in [0.1, 0.15) is 26.2 Å². The minimum absolute atomic E-state index is 0.815. The third kappa shape index (κ3) is 3.26. The van der Waals surface area contributed by atoms with Gasteiger partial charge in [0.2, 0.25) is 0 Å². The molecule has 3 heteroatoms. The van der Waals surface area contributed by atoms with Gasteiger partial charge in [-0.1, -0.05) is 31.5 Å². The number of piperidine rings is 1. The lowest BCUT2D eigenvalue weighted by atomic mass is 10.1. The van der Waals surface area contributed by atoms with E-state index in [4.69, 9.17) is 5.73 Å². The number of nitrogen functional groups attached to an aromatic ring is 1. The van der Waals surface area contributed by atoms with Crippen LogP contribution in [-0.2, 0) is 0 Å². The van der Waals surface area contributed by atoms with Gasteiger partial charge in [0.05, 0.1) is 5.69 Å². The Balaban J connectivity index is 0.000000138. The van der Waals surface area contributed by atoms with Crippen LogP contribution in [0.15, 0.2) is 30.5 Å². The summed E-state index contributed by atoms with van der Waals surface area (Å²) in [6.45, 7) is 6.18. The fraction of sp³-hybridized carbons (Fsp3) is 0.467. The smallest absolute Gasteiger partial charge is 0.0571 e. The molecule has 18 heavy (non-hydrogen) atoms. The van der Waals surface area contributed by atoms with Crippen molar-refractivity contribution in [2.24, 2.45) is 0 Å². The zero-order valence-electron chi connectivity index (χ0n) is 11.2. The predicted octanol–water partition coefficient (Wildman–Crippen LogP) is 3.24. The number of nitrogens with zero attached hydrogens (tertiary/aromatic N) is 1. The second-order valence-electron chi connectivity index (χ2n) is 4.78. The highest BCUT2D eigenvalue weighted by Gasteiger charge is 2.05. The molecule has 1 aromatic carbocycles. The van der Waals surface area contributed by atoms with Crippen molar-refractivity contribution in [2.45, 2.75) is 26.2 Å². The molecule has 98 valence electrons. The van der Waals surface area contributed by atoms with Crippen molar-refractivity contribution in [3.8, 4) is 0 Å². The number of nitrogens with two attached hydrogens (primary N) is 1. The minimum atomic E-state index is 0.815. The number of fused-ring (bicyclic) bond motifs is 1. The molecule has 1 fully saturated rings. The number of benzene rings is 1. The highest BCUT2D eigenvalue weighted by molar-refractivity contribution is 5.90. The Bertz CT molecular complexity index is 469. The first-order valence-electron chi connectivity index (χ1n) is 6.85. The van der Waals surface area contributed by atoms with E-state index in [-0.39, 0.29) is 0 Å². The van der Waals surface area contributed by atoms with Crippen LogP contribution in [0.2, 0.25) is 0 Å². The van der Waals surface area contributed by atoms with Gasteiger partial charge in [-0.2, -0.15) is 0 Å². The van der Waals surface area contributed by atoms with E-state index in [0.717, 1.165) is 16.6 Å². The second kappa shape index (κ2) is 6.45. The highest BCUT2D eigenvalue weighted by atomic mass is 15.1. The van der Waals surface area contributed by atoms with Crippen LogP contribution in [0, 0.1) is 0 Å². The summed E-state index contributed by atoms with van der Waals surface area (Å²) in [7, 11) is 0. The zero-order chi connectivity index (χ0) is 12.8. The summed E-state index contributed by atoms with van der Waals surface area (Å²) in [6, 6.07) is 7.97. The van der Waals surface area contributed by atoms with Crippen LogP contribution < -0.4 is 5.73 Å². The third-order valence-electron chi connectivity index (χ3n) is 3.52. The van der Waals surface area contributed by atoms with Crippen LogP contribution in [0.3, 0.4) is 0 Å². The van der Waals surface area contributed by atoms with Gasteiger partial charge in [0.1, 0.15) is 0 Å². The number of aromatic amines is 1. The lowest BCUT2D eigenvalue weighted by molar-refractivity contribution is 0.240. The Hall–Kier alpha value is -1.48. The number of hydrogen-bond donors (Lipinski definition) is 2. The van der Waals surface area contributed by atoms with Crippen molar-refractivity contribution >= 4 is 16.6 Å². The summed E-state index contributed by atoms with van der Waals surface area (Å²) >= 11 is 0. The van der Waals surface area contributed by atoms with Gasteiger partial charge in [0.15, 0.2) is 0 Å². The Kier molecular flexibility index (Phi) is 4.65. The van der Waals surface area contributed by atoms with E-state index >= 15 is 0 Å². The van der Waals surface area contributed by atoms with Crippen LogP contribution in [0.5, 0.6) is 0 Å². The average Bonchev–Trinajstić information content (AvgIpc) is 2.83. The molecule has 0 saturated carbocycles. The standard InChI is InChI=1S/C8H8N2.C7H15N/c9-7-5-10-8-4-2-1-3-6(7)8;1-2-8-6-4-3-5-7-8/h1-5,10H,9H2;2-7H2,1H3. The largest absolute Gasteiger partial charge is 0.397 e. The monoisotopic (exact) mass is 245 g/mol. The number of likely N-dealkylation sites (tertiary alicyclic amines) is 1. The molecule has 0 spiro atoms. The fourth-order valence-corrected chi connectivity index (χ4v) is 2.37. The molecule has 0 aliphatic carbocycles. The molecule has 2 heterocycles. The molecule has 1 aromatic heterocycles. The van der Waals surface area contributed by atoms with E-state index in [1.165, 1.54) is 38.9 Å². The first-order valence-corrected chi connectivity index (χ1v) is 6.85. The van der Waals surface area contributed by atoms with E-state index in [0.29, 0.717) is 0 Å². The molecule has 1 aliphatic heterocycles. The molecule has 3 N–H and O–H groups in total. The lowest BCUT2D eigenvalue weighted by Gasteiger charge is -2.24. The maximum atomic E-state index is 5.64. The Morgan fingerprint density at radius 1 is 1.17 bits per heavy atom. The fourth-order valence-electron chi connectivity index (χ4n) is 2.37. The van der Waals surface area contributed by atoms with Crippen molar-refractivity contribution in [1.82, 2.24) is 9.88 Å². The van der Waals surface area contributed by atoms with Crippen molar-refractivity contribution in [1.29, 1.82) is 0 Å². The SMILES string of the molecule is CCN1CCCCC1.Nc1c[nH]c2ccccc12. The van der Waals surface area contributed by atoms with E-state index in [1.54, 1.807) is 0 Å². The number of anilines is 1. The highest BCUT2D eigenvalue weighted by Crippen LogP contribution is 2.18. The number of H-pyrrole nitrogens is 1. The van der Waals surface area contributed by atoms with Crippen LogP contribution >= 0.6 is 0 Å². The molecule has 3 nitrogen and oxygen atoms in total. The number of nitrogens with one attached hydrogen (secondary N) is 1. The Morgan fingerprint density at radius 2 is 1.89 bits per heavy atom. The van der Waals surface area contributed by atoms with E-state index in [2.05, 4.69) is 16.8 Å². The molecular formula is C15H23N3. The zero-order valence-corrected chi connectivity index (χ0v) is 11.2. The summed E-state index contributed by atoms with van der Waals surface area (Å²) in [6.07, 6.45) is 6.11. The van der Waals surface area contributed by atoms with Gasteiger partial charge in [0.25, 0.3) is 0 Å². The molecule has 0 amide bonds. The van der Waals surface area contributed by atoms with Gasteiger partial charge >= 0.3 is 0 Å². The van der Waals surface area contributed by atoms with Gasteiger partial charge in [-0.15, -0.1) is 0 Å². The quantitative estimate of drug-likeness (QED) is 0.810. The molecule has 0 radical (unpaired) electrons. The second-order valence-corrected chi connectivity index (χ2v) is 4.78. The van der Waals surface area contributed by atoms with Crippen molar-refractivity contribution in [2.75, 3.05) is 25.4 Å². The molecule has 0 atom stereocenters. The number of para-hydroxylation sites is 1. The third-order valence-corrected chi connectivity index (χ3v) is 3.52. The Labute approximate surface area is 109 Å². The summed E-state index contributed by atoms with van der Waals surface area (Å²) in [5, 5.41) is 1.10. The summed E-state index contributed by atoms with van der Waals surface area (Å²) in [4.78, 5) is 5.58. The first kappa shape index (κ1) is 13.0. The molecule has 1 aliphatic rings. The average molecular weight is 245 g/mol. The normalized spacial score (nSPS) is 16.3. The number of aromatic nitrogens is 1. The Morgan fingerprint density at radius 3 is 2.50 bits per heavy atom. The van der Waals surface area contributed by atoms with E-state index < -0.39 is 0 Å². The van der Waals surface area contributed by atoms with Gasteiger partial charge in [-0.25, -0.2) is 0 Å². The van der Waals surface area contributed by atoms with Gasteiger partial charge in [-0.3, -0.25) is 0 Å². The predicted molar refractivity (Wildman–Crippen MR) is 78.7 cm³/mol. The van der Waals surface area contributed by atoms with E-state index in [1.807, 2.05) is 30.5 Å². The van der Waals surface area contributed by atoms with Crippen molar-refractivity contribution in [3.63, 3.8) is 0 Å². The first-order chi connectivity index (χ1) is 8.81.